The Bertz CT molecular complexity index is 496. The van der Waals surface area contributed by atoms with Crippen molar-refractivity contribution in [2.75, 3.05) is 0 Å². The summed E-state index contributed by atoms with van der Waals surface area (Å²) < 4.78 is 66.8. The van der Waals surface area contributed by atoms with Gasteiger partial charge in [-0.3, -0.25) is 4.55 Å². The highest BCUT2D eigenvalue weighted by Crippen LogP contribution is 2.32. The molecular weight excluding hydrogens is 313 g/mol. The molecule has 0 spiro atoms. The molecule has 0 unspecified atom stereocenters. The molecule has 0 atom stereocenters. The molecule has 0 aromatic heterocycles. The number of halogens is 4. The fraction of sp³-hybridized carbons (Fsp3) is 0.250. The lowest BCUT2D eigenvalue weighted by Crippen LogP contribution is -2.08. The number of hydrogen-bond acceptors (Lipinski definition) is 2. The molecule has 0 aliphatic carbocycles. The van der Waals surface area contributed by atoms with E-state index in [-0.39, 0.29) is 10.0 Å². The van der Waals surface area contributed by atoms with Crippen molar-refractivity contribution in [3.05, 3.63) is 33.8 Å². The Morgan fingerprint density at radius 3 is 2.31 bits per heavy atom. The van der Waals surface area contributed by atoms with E-state index in [4.69, 9.17) is 4.55 Å². The van der Waals surface area contributed by atoms with Crippen LogP contribution >= 0.6 is 15.9 Å². The predicted molar refractivity (Wildman–Crippen MR) is 54.4 cm³/mol. The molecule has 0 radical (unpaired) electrons. The van der Waals surface area contributed by atoms with Gasteiger partial charge in [0.15, 0.2) is 0 Å². The standard InChI is InChI=1S/C8H6BrF3O3S/c9-7-2-1-6(8(10,11)12)3-5(7)4-16(13,14)15/h1-3H,4H2,(H,13,14,15). The molecule has 1 N–H and O–H groups in total. The fourth-order valence-electron chi connectivity index (χ4n) is 1.06. The average molecular weight is 319 g/mol. The number of rotatable bonds is 2. The Balaban J connectivity index is 3.20. The smallest absolute Gasteiger partial charge is 0.285 e. The maximum Gasteiger partial charge on any atom is 0.416 e. The summed E-state index contributed by atoms with van der Waals surface area (Å²) in [7, 11) is -4.36. The topological polar surface area (TPSA) is 54.4 Å². The number of alkyl halides is 3. The molecule has 0 bridgehead atoms. The van der Waals surface area contributed by atoms with Gasteiger partial charge in [0, 0.05) is 4.47 Å². The largest absolute Gasteiger partial charge is 0.416 e. The first-order valence-electron chi connectivity index (χ1n) is 3.90. The third-order valence-corrected chi connectivity index (χ3v) is 3.16. The molecule has 0 saturated carbocycles. The maximum atomic E-state index is 12.3. The molecule has 1 rings (SSSR count). The van der Waals surface area contributed by atoms with Crippen LogP contribution in [0.5, 0.6) is 0 Å². The van der Waals surface area contributed by atoms with Crippen molar-refractivity contribution in [3.63, 3.8) is 0 Å². The van der Waals surface area contributed by atoms with Gasteiger partial charge in [0.25, 0.3) is 10.1 Å². The average Bonchev–Trinajstić information content (AvgIpc) is 2.04. The molecule has 0 amide bonds. The van der Waals surface area contributed by atoms with Crippen molar-refractivity contribution in [1.82, 2.24) is 0 Å². The zero-order valence-electron chi connectivity index (χ0n) is 7.62. The van der Waals surface area contributed by atoms with Gasteiger partial charge in [0.05, 0.1) is 5.56 Å². The Labute approximate surface area is 98.2 Å². The third-order valence-electron chi connectivity index (χ3n) is 1.71. The van der Waals surface area contributed by atoms with E-state index in [0.29, 0.717) is 6.07 Å². The predicted octanol–water partition coefficient (Wildman–Crippen LogP) is 2.86. The van der Waals surface area contributed by atoms with Crippen LogP contribution in [0, 0.1) is 0 Å². The second-order valence-corrected chi connectivity index (χ2v) is 5.34. The normalized spacial score (nSPS) is 12.8. The van der Waals surface area contributed by atoms with Gasteiger partial charge < -0.3 is 0 Å². The molecule has 0 aliphatic heterocycles. The minimum Gasteiger partial charge on any atom is -0.285 e. The monoisotopic (exact) mass is 318 g/mol. The first kappa shape index (κ1) is 13.5. The van der Waals surface area contributed by atoms with Gasteiger partial charge in [0.1, 0.15) is 5.75 Å². The van der Waals surface area contributed by atoms with Gasteiger partial charge in [-0.2, -0.15) is 21.6 Å². The van der Waals surface area contributed by atoms with Crippen LogP contribution in [0.1, 0.15) is 11.1 Å². The maximum absolute atomic E-state index is 12.3. The van der Waals surface area contributed by atoms with Gasteiger partial charge in [-0.15, -0.1) is 0 Å². The highest BCUT2D eigenvalue weighted by atomic mass is 79.9. The van der Waals surface area contributed by atoms with Crippen LogP contribution in [0.3, 0.4) is 0 Å². The van der Waals surface area contributed by atoms with Crippen molar-refractivity contribution >= 4 is 26.0 Å². The first-order valence-corrected chi connectivity index (χ1v) is 6.30. The molecule has 0 heterocycles. The van der Waals surface area contributed by atoms with Crippen LogP contribution in [0.4, 0.5) is 13.2 Å². The molecule has 90 valence electrons. The quantitative estimate of drug-likeness (QED) is 0.853. The van der Waals surface area contributed by atoms with E-state index in [2.05, 4.69) is 15.9 Å². The summed E-state index contributed by atoms with van der Waals surface area (Å²) in [6, 6.07) is 2.58. The van der Waals surface area contributed by atoms with E-state index in [1.54, 1.807) is 0 Å². The van der Waals surface area contributed by atoms with Crippen LogP contribution < -0.4 is 0 Å². The first-order chi connectivity index (χ1) is 7.09. The Hall–Kier alpha value is -0.600. The summed E-state index contributed by atoms with van der Waals surface area (Å²) in [6.45, 7) is 0. The molecule has 0 aliphatic rings. The van der Waals surface area contributed by atoms with E-state index in [1.165, 1.54) is 0 Å². The molecule has 1 aromatic rings. The molecule has 8 heteroatoms. The Morgan fingerprint density at radius 1 is 1.31 bits per heavy atom. The summed E-state index contributed by atoms with van der Waals surface area (Å²) >= 11 is 2.91. The third kappa shape index (κ3) is 3.76. The van der Waals surface area contributed by atoms with Crippen LogP contribution in [-0.4, -0.2) is 13.0 Å². The number of hydrogen-bond donors (Lipinski definition) is 1. The van der Waals surface area contributed by atoms with E-state index >= 15 is 0 Å². The molecule has 1 aromatic carbocycles. The zero-order chi connectivity index (χ0) is 12.6. The Morgan fingerprint density at radius 2 is 1.88 bits per heavy atom. The van der Waals surface area contributed by atoms with Crippen LogP contribution in [0.15, 0.2) is 22.7 Å². The molecule has 16 heavy (non-hydrogen) atoms. The van der Waals surface area contributed by atoms with E-state index in [0.717, 1.165) is 12.1 Å². The highest BCUT2D eigenvalue weighted by Gasteiger charge is 2.31. The lowest BCUT2D eigenvalue weighted by molar-refractivity contribution is -0.137. The van der Waals surface area contributed by atoms with E-state index < -0.39 is 27.6 Å². The van der Waals surface area contributed by atoms with Crippen molar-refractivity contribution in [2.24, 2.45) is 0 Å². The zero-order valence-corrected chi connectivity index (χ0v) is 10.0. The summed E-state index contributed by atoms with van der Waals surface area (Å²) in [4.78, 5) is 0. The lowest BCUT2D eigenvalue weighted by atomic mass is 10.1. The van der Waals surface area contributed by atoms with Crippen molar-refractivity contribution in [2.45, 2.75) is 11.9 Å². The van der Waals surface area contributed by atoms with Crippen molar-refractivity contribution in [3.8, 4) is 0 Å². The van der Waals surface area contributed by atoms with Crippen LogP contribution in [-0.2, 0) is 22.0 Å². The van der Waals surface area contributed by atoms with Gasteiger partial charge >= 0.3 is 6.18 Å². The Kier molecular flexibility index (Phi) is 3.65. The summed E-state index contributed by atoms with van der Waals surface area (Å²) in [5, 5.41) is 0. The second-order valence-electron chi connectivity index (χ2n) is 3.03. The molecule has 3 nitrogen and oxygen atoms in total. The summed E-state index contributed by atoms with van der Waals surface area (Å²) in [5.41, 5.74) is -1.10. The summed E-state index contributed by atoms with van der Waals surface area (Å²) in [5.74, 6) is -0.864. The lowest BCUT2D eigenvalue weighted by Gasteiger charge is -2.09. The van der Waals surface area contributed by atoms with Crippen molar-refractivity contribution < 1.29 is 26.1 Å². The molecular formula is C8H6BrF3O3S. The molecule has 0 saturated heterocycles. The fourth-order valence-corrected chi connectivity index (χ4v) is 2.26. The second kappa shape index (κ2) is 4.34. The van der Waals surface area contributed by atoms with Crippen molar-refractivity contribution in [1.29, 1.82) is 0 Å². The van der Waals surface area contributed by atoms with E-state index in [1.807, 2.05) is 0 Å². The van der Waals surface area contributed by atoms with Gasteiger partial charge in [0.2, 0.25) is 0 Å². The highest BCUT2D eigenvalue weighted by molar-refractivity contribution is 9.10. The van der Waals surface area contributed by atoms with Gasteiger partial charge in [-0.05, 0) is 23.8 Å². The van der Waals surface area contributed by atoms with Gasteiger partial charge in [-0.1, -0.05) is 15.9 Å². The SMILES string of the molecule is O=S(=O)(O)Cc1cc(C(F)(F)F)ccc1Br. The van der Waals surface area contributed by atoms with Crippen LogP contribution in [0.25, 0.3) is 0 Å². The molecule has 0 fully saturated rings. The summed E-state index contributed by atoms with van der Waals surface area (Å²) in [6.07, 6.45) is -4.55. The van der Waals surface area contributed by atoms with E-state index in [9.17, 15) is 21.6 Å². The minimum absolute atomic E-state index is 0.141. The number of benzene rings is 1. The minimum atomic E-state index is -4.55. The van der Waals surface area contributed by atoms with Gasteiger partial charge in [-0.25, -0.2) is 0 Å². The van der Waals surface area contributed by atoms with Crippen LogP contribution in [0.2, 0.25) is 0 Å².